The van der Waals surface area contributed by atoms with E-state index in [0.717, 1.165) is 18.8 Å². The third-order valence-corrected chi connectivity index (χ3v) is 4.21. The second-order valence-corrected chi connectivity index (χ2v) is 5.73. The van der Waals surface area contributed by atoms with Crippen LogP contribution in [0, 0.1) is 5.41 Å². The second-order valence-electron chi connectivity index (χ2n) is 5.73. The van der Waals surface area contributed by atoms with Gasteiger partial charge in [0.2, 0.25) is 0 Å². The molecule has 0 aliphatic heterocycles. The summed E-state index contributed by atoms with van der Waals surface area (Å²) >= 11 is 0. The smallest absolute Gasteiger partial charge is 0.124 e. The molecule has 0 saturated heterocycles. The summed E-state index contributed by atoms with van der Waals surface area (Å²) in [4.78, 5) is 0. The number of hydrogen-bond acceptors (Lipinski definition) is 2. The molecule has 1 aliphatic rings. The molecule has 1 aromatic carbocycles. The molecule has 1 atom stereocenters. The first-order valence-electron chi connectivity index (χ1n) is 7.15. The standard InChI is InChI=1S/C16H25NO/c1-3-12-18-14-9-5-4-8-13(14)15(17)16(2)10-6-7-11-16/h4-5,8-9,15H,3,6-7,10-12,17H2,1-2H3. The fourth-order valence-corrected chi connectivity index (χ4v) is 2.95. The maximum absolute atomic E-state index is 6.53. The minimum Gasteiger partial charge on any atom is -0.493 e. The predicted octanol–water partition coefficient (Wildman–Crippen LogP) is 4.06. The number of ether oxygens (including phenoxy) is 1. The molecule has 2 N–H and O–H groups in total. The summed E-state index contributed by atoms with van der Waals surface area (Å²) < 4.78 is 5.83. The van der Waals surface area contributed by atoms with Crippen molar-refractivity contribution in [2.24, 2.45) is 11.1 Å². The molecule has 0 amide bonds. The molecule has 1 aromatic rings. The van der Waals surface area contributed by atoms with Gasteiger partial charge in [0, 0.05) is 11.6 Å². The van der Waals surface area contributed by atoms with Gasteiger partial charge in [-0.2, -0.15) is 0 Å². The van der Waals surface area contributed by atoms with Gasteiger partial charge in [-0.25, -0.2) is 0 Å². The van der Waals surface area contributed by atoms with E-state index >= 15 is 0 Å². The summed E-state index contributed by atoms with van der Waals surface area (Å²) in [6.45, 7) is 5.21. The van der Waals surface area contributed by atoms with Crippen molar-refractivity contribution in [3.63, 3.8) is 0 Å². The van der Waals surface area contributed by atoms with Crippen LogP contribution in [-0.2, 0) is 0 Å². The molecule has 0 bridgehead atoms. The lowest BCUT2D eigenvalue weighted by Crippen LogP contribution is -2.29. The Balaban J connectivity index is 2.21. The van der Waals surface area contributed by atoms with Crippen molar-refractivity contribution in [1.29, 1.82) is 0 Å². The fraction of sp³-hybridized carbons (Fsp3) is 0.625. The number of para-hydroxylation sites is 1. The molecular formula is C16H25NO. The van der Waals surface area contributed by atoms with Crippen molar-refractivity contribution in [1.82, 2.24) is 0 Å². The second kappa shape index (κ2) is 5.75. The SMILES string of the molecule is CCCOc1ccccc1C(N)C1(C)CCCC1. The number of hydrogen-bond donors (Lipinski definition) is 1. The third kappa shape index (κ3) is 2.69. The van der Waals surface area contributed by atoms with E-state index in [0.29, 0.717) is 0 Å². The van der Waals surface area contributed by atoms with Crippen LogP contribution in [-0.4, -0.2) is 6.61 Å². The van der Waals surface area contributed by atoms with Crippen molar-refractivity contribution in [3.05, 3.63) is 29.8 Å². The normalized spacial score (nSPS) is 19.7. The zero-order valence-electron chi connectivity index (χ0n) is 11.6. The Bertz CT molecular complexity index is 382. The van der Waals surface area contributed by atoms with Gasteiger partial charge in [0.15, 0.2) is 0 Å². The highest BCUT2D eigenvalue weighted by Crippen LogP contribution is 2.47. The molecule has 1 fully saturated rings. The van der Waals surface area contributed by atoms with Gasteiger partial charge < -0.3 is 10.5 Å². The Labute approximate surface area is 111 Å². The largest absolute Gasteiger partial charge is 0.493 e. The van der Waals surface area contributed by atoms with Crippen molar-refractivity contribution in [3.8, 4) is 5.75 Å². The molecule has 1 aliphatic carbocycles. The number of rotatable bonds is 5. The summed E-state index contributed by atoms with van der Waals surface area (Å²) in [5.41, 5.74) is 7.95. The van der Waals surface area contributed by atoms with Crippen molar-refractivity contribution < 1.29 is 4.74 Å². The Kier molecular flexibility index (Phi) is 4.28. The maximum atomic E-state index is 6.53. The average Bonchev–Trinajstić information content (AvgIpc) is 2.84. The molecule has 0 aromatic heterocycles. The minimum atomic E-state index is 0.0908. The van der Waals surface area contributed by atoms with E-state index in [4.69, 9.17) is 10.5 Å². The fourth-order valence-electron chi connectivity index (χ4n) is 2.95. The Hall–Kier alpha value is -1.02. The number of benzene rings is 1. The van der Waals surface area contributed by atoms with Gasteiger partial charge in [-0.15, -0.1) is 0 Å². The monoisotopic (exact) mass is 247 g/mol. The van der Waals surface area contributed by atoms with Crippen LogP contribution < -0.4 is 10.5 Å². The molecule has 1 saturated carbocycles. The van der Waals surface area contributed by atoms with Crippen LogP contribution >= 0.6 is 0 Å². The summed E-state index contributed by atoms with van der Waals surface area (Å²) in [5.74, 6) is 0.972. The van der Waals surface area contributed by atoms with E-state index < -0.39 is 0 Å². The summed E-state index contributed by atoms with van der Waals surface area (Å²) in [5, 5.41) is 0. The lowest BCUT2D eigenvalue weighted by atomic mass is 9.77. The summed E-state index contributed by atoms with van der Waals surface area (Å²) in [7, 11) is 0. The lowest BCUT2D eigenvalue weighted by Gasteiger charge is -2.32. The first-order valence-corrected chi connectivity index (χ1v) is 7.15. The molecule has 2 nitrogen and oxygen atoms in total. The van der Waals surface area contributed by atoms with Crippen molar-refractivity contribution in [2.45, 2.75) is 52.0 Å². The highest BCUT2D eigenvalue weighted by molar-refractivity contribution is 5.37. The van der Waals surface area contributed by atoms with Crippen LogP contribution in [0.1, 0.15) is 57.6 Å². The van der Waals surface area contributed by atoms with Gasteiger partial charge in [0.25, 0.3) is 0 Å². The van der Waals surface area contributed by atoms with Gasteiger partial charge in [0.05, 0.1) is 6.61 Å². The predicted molar refractivity (Wildman–Crippen MR) is 75.7 cm³/mol. The topological polar surface area (TPSA) is 35.2 Å². The van der Waals surface area contributed by atoms with E-state index in [1.54, 1.807) is 0 Å². The molecule has 2 rings (SSSR count). The highest BCUT2D eigenvalue weighted by Gasteiger charge is 2.36. The lowest BCUT2D eigenvalue weighted by molar-refractivity contribution is 0.251. The number of nitrogens with two attached hydrogens (primary N) is 1. The molecule has 100 valence electrons. The quantitative estimate of drug-likeness (QED) is 0.851. The zero-order chi connectivity index (χ0) is 13.0. The maximum Gasteiger partial charge on any atom is 0.124 e. The Morgan fingerprint density at radius 1 is 1.28 bits per heavy atom. The molecule has 18 heavy (non-hydrogen) atoms. The Morgan fingerprint density at radius 3 is 2.61 bits per heavy atom. The van der Waals surface area contributed by atoms with Gasteiger partial charge in [-0.1, -0.05) is 44.9 Å². The first-order chi connectivity index (χ1) is 8.67. The Morgan fingerprint density at radius 2 is 1.94 bits per heavy atom. The highest BCUT2D eigenvalue weighted by atomic mass is 16.5. The average molecular weight is 247 g/mol. The van der Waals surface area contributed by atoms with Crippen LogP contribution in [0.4, 0.5) is 0 Å². The van der Waals surface area contributed by atoms with E-state index in [9.17, 15) is 0 Å². The summed E-state index contributed by atoms with van der Waals surface area (Å²) in [6, 6.07) is 8.35. The van der Waals surface area contributed by atoms with Crippen LogP contribution in [0.3, 0.4) is 0 Å². The molecule has 0 spiro atoms. The molecule has 0 radical (unpaired) electrons. The van der Waals surface area contributed by atoms with Gasteiger partial charge in [-0.05, 0) is 30.7 Å². The zero-order valence-corrected chi connectivity index (χ0v) is 11.6. The summed E-state index contributed by atoms with van der Waals surface area (Å²) in [6.07, 6.45) is 6.11. The molecule has 0 heterocycles. The van der Waals surface area contributed by atoms with Crippen molar-refractivity contribution in [2.75, 3.05) is 6.61 Å². The van der Waals surface area contributed by atoms with E-state index in [-0.39, 0.29) is 11.5 Å². The van der Waals surface area contributed by atoms with E-state index in [1.807, 2.05) is 12.1 Å². The first kappa shape index (κ1) is 13.4. The van der Waals surface area contributed by atoms with Crippen LogP contribution in [0.15, 0.2) is 24.3 Å². The van der Waals surface area contributed by atoms with Crippen LogP contribution in [0.2, 0.25) is 0 Å². The minimum absolute atomic E-state index is 0.0908. The molecule has 2 heteroatoms. The van der Waals surface area contributed by atoms with Crippen LogP contribution in [0.25, 0.3) is 0 Å². The van der Waals surface area contributed by atoms with Gasteiger partial charge in [-0.3, -0.25) is 0 Å². The van der Waals surface area contributed by atoms with E-state index in [2.05, 4.69) is 26.0 Å². The van der Waals surface area contributed by atoms with E-state index in [1.165, 1.54) is 31.2 Å². The van der Waals surface area contributed by atoms with Gasteiger partial charge in [0.1, 0.15) is 5.75 Å². The third-order valence-electron chi connectivity index (χ3n) is 4.21. The molecular weight excluding hydrogens is 222 g/mol. The van der Waals surface area contributed by atoms with Crippen LogP contribution in [0.5, 0.6) is 5.75 Å². The van der Waals surface area contributed by atoms with Gasteiger partial charge >= 0.3 is 0 Å². The molecule has 1 unspecified atom stereocenters. The van der Waals surface area contributed by atoms with Crippen molar-refractivity contribution >= 4 is 0 Å².